The van der Waals surface area contributed by atoms with E-state index in [4.69, 9.17) is 0 Å². The third-order valence-corrected chi connectivity index (χ3v) is 5.06. The maximum Gasteiger partial charge on any atom is 0.253 e. The molecular weight excluding hydrogens is 412 g/mol. The van der Waals surface area contributed by atoms with Crippen molar-refractivity contribution >= 4 is 33.4 Å². The van der Waals surface area contributed by atoms with E-state index in [1.54, 1.807) is 4.90 Å². The zero-order valence-electron chi connectivity index (χ0n) is 15.0. The lowest BCUT2D eigenvalue weighted by Gasteiger charge is -2.17. The summed E-state index contributed by atoms with van der Waals surface area (Å²) in [5.74, 6) is -0.635. The van der Waals surface area contributed by atoms with E-state index < -0.39 is 5.92 Å². The fourth-order valence-electron chi connectivity index (χ4n) is 3.05. The molecule has 1 atom stereocenters. The first-order valence-corrected chi connectivity index (χ1v) is 9.66. The van der Waals surface area contributed by atoms with Crippen molar-refractivity contribution in [1.29, 1.82) is 0 Å². The molecule has 7 nitrogen and oxygen atoms in total. The maximum atomic E-state index is 12.4. The van der Waals surface area contributed by atoms with E-state index in [2.05, 4.69) is 26.2 Å². The lowest BCUT2D eigenvalue weighted by atomic mass is 10.1. The average molecular weight is 433 g/mol. The van der Waals surface area contributed by atoms with Gasteiger partial charge in [-0.3, -0.25) is 19.0 Å². The highest BCUT2D eigenvalue weighted by atomic mass is 79.9. The number of carbonyl (C=O) groups excluding carboxylic acids is 2. The van der Waals surface area contributed by atoms with Gasteiger partial charge in [0, 0.05) is 48.0 Å². The fraction of sp³-hybridized carbons (Fsp3) is 0.368. The first kappa shape index (κ1) is 19.3. The summed E-state index contributed by atoms with van der Waals surface area (Å²) in [6.45, 7) is 2.95. The van der Waals surface area contributed by atoms with Crippen LogP contribution in [0.5, 0.6) is 0 Å². The Bertz CT molecular complexity index is 912. The van der Waals surface area contributed by atoms with Crippen molar-refractivity contribution in [2.24, 2.45) is 5.92 Å². The van der Waals surface area contributed by atoms with Crippen LogP contribution in [0.2, 0.25) is 0 Å². The zero-order valence-corrected chi connectivity index (χ0v) is 16.6. The topological polar surface area (TPSA) is 84.3 Å². The Kier molecular flexibility index (Phi) is 6.05. The Morgan fingerprint density at radius 2 is 2.15 bits per heavy atom. The molecule has 0 saturated carbocycles. The number of aromatic nitrogens is 2. The molecule has 27 heavy (non-hydrogen) atoms. The molecule has 1 aliphatic rings. The standard InChI is InChI=1S/C19H21BrN4O3/c1-2-15-10-17(25)23(12-22-15)7-6-21-19(27)13-8-18(26)24(11-13)16-5-3-4-14(20)9-16/h3-5,9-10,12-13H,2,6-8,11H2,1H3,(H,21,27). The van der Waals surface area contributed by atoms with Crippen molar-refractivity contribution in [3.63, 3.8) is 0 Å². The second kappa shape index (κ2) is 8.47. The Morgan fingerprint density at radius 3 is 2.85 bits per heavy atom. The summed E-state index contributed by atoms with van der Waals surface area (Å²) in [6.07, 6.45) is 2.39. The summed E-state index contributed by atoms with van der Waals surface area (Å²) in [6, 6.07) is 8.96. The molecule has 1 aliphatic heterocycles. The van der Waals surface area contributed by atoms with Crippen LogP contribution >= 0.6 is 15.9 Å². The molecule has 142 valence electrons. The first-order valence-electron chi connectivity index (χ1n) is 8.87. The molecule has 2 amide bonds. The number of anilines is 1. The molecular formula is C19H21BrN4O3. The summed E-state index contributed by atoms with van der Waals surface area (Å²) in [5, 5.41) is 2.82. The number of benzene rings is 1. The molecule has 0 radical (unpaired) electrons. The molecule has 8 heteroatoms. The highest BCUT2D eigenvalue weighted by Gasteiger charge is 2.34. The summed E-state index contributed by atoms with van der Waals surface area (Å²) >= 11 is 3.39. The zero-order chi connectivity index (χ0) is 19.4. The number of amides is 2. The van der Waals surface area contributed by atoms with E-state index in [9.17, 15) is 14.4 Å². The van der Waals surface area contributed by atoms with E-state index >= 15 is 0 Å². The van der Waals surface area contributed by atoms with Crippen molar-refractivity contribution in [2.75, 3.05) is 18.0 Å². The van der Waals surface area contributed by atoms with E-state index in [1.807, 2.05) is 31.2 Å². The monoisotopic (exact) mass is 432 g/mol. The minimum Gasteiger partial charge on any atom is -0.354 e. The first-order chi connectivity index (χ1) is 13.0. The van der Waals surface area contributed by atoms with Crippen LogP contribution < -0.4 is 15.8 Å². The molecule has 1 N–H and O–H groups in total. The molecule has 1 fully saturated rings. The molecule has 0 spiro atoms. The van der Waals surface area contributed by atoms with E-state index in [-0.39, 0.29) is 23.8 Å². The predicted molar refractivity (Wildman–Crippen MR) is 105 cm³/mol. The normalized spacial score (nSPS) is 16.6. The minimum absolute atomic E-state index is 0.0659. The smallest absolute Gasteiger partial charge is 0.253 e. The van der Waals surface area contributed by atoms with Crippen LogP contribution in [0.3, 0.4) is 0 Å². The number of halogens is 1. The summed E-state index contributed by atoms with van der Waals surface area (Å²) in [4.78, 5) is 42.5. The van der Waals surface area contributed by atoms with Gasteiger partial charge in [0.15, 0.2) is 0 Å². The summed E-state index contributed by atoms with van der Waals surface area (Å²) in [5.41, 5.74) is 1.39. The highest BCUT2D eigenvalue weighted by Crippen LogP contribution is 2.27. The van der Waals surface area contributed by atoms with Crippen LogP contribution in [-0.4, -0.2) is 34.5 Å². The highest BCUT2D eigenvalue weighted by molar-refractivity contribution is 9.10. The number of hydrogen-bond acceptors (Lipinski definition) is 4. The van der Waals surface area contributed by atoms with Crippen LogP contribution in [0.15, 0.2) is 45.9 Å². The molecule has 3 rings (SSSR count). The van der Waals surface area contributed by atoms with Crippen molar-refractivity contribution in [1.82, 2.24) is 14.9 Å². The van der Waals surface area contributed by atoms with Crippen LogP contribution in [-0.2, 0) is 22.6 Å². The van der Waals surface area contributed by atoms with Gasteiger partial charge in [-0.2, -0.15) is 0 Å². The van der Waals surface area contributed by atoms with E-state index in [0.29, 0.717) is 26.1 Å². The van der Waals surface area contributed by atoms with Crippen LogP contribution in [0.25, 0.3) is 0 Å². The van der Waals surface area contributed by atoms with Gasteiger partial charge in [-0.25, -0.2) is 4.98 Å². The quantitative estimate of drug-likeness (QED) is 0.753. The molecule has 2 aromatic rings. The summed E-state index contributed by atoms with van der Waals surface area (Å²) < 4.78 is 2.35. The van der Waals surface area contributed by atoms with Gasteiger partial charge in [-0.1, -0.05) is 28.9 Å². The number of carbonyl (C=O) groups is 2. The molecule has 1 saturated heterocycles. The Labute approximate surface area is 165 Å². The van der Waals surface area contributed by atoms with E-state index in [0.717, 1.165) is 15.9 Å². The summed E-state index contributed by atoms with van der Waals surface area (Å²) in [7, 11) is 0. The average Bonchev–Trinajstić information content (AvgIpc) is 3.04. The number of nitrogens with zero attached hydrogens (tertiary/aromatic N) is 3. The predicted octanol–water partition coefficient (Wildman–Crippen LogP) is 1.74. The van der Waals surface area contributed by atoms with Crippen molar-refractivity contribution in [3.05, 3.63) is 57.2 Å². The Morgan fingerprint density at radius 1 is 1.33 bits per heavy atom. The lowest BCUT2D eigenvalue weighted by molar-refractivity contribution is -0.126. The van der Waals surface area contributed by atoms with Gasteiger partial charge >= 0.3 is 0 Å². The SMILES string of the molecule is CCc1cc(=O)n(CCNC(=O)C2CC(=O)N(c3cccc(Br)c3)C2)cn1. The van der Waals surface area contributed by atoms with Gasteiger partial charge in [-0.15, -0.1) is 0 Å². The van der Waals surface area contributed by atoms with Crippen molar-refractivity contribution < 1.29 is 9.59 Å². The van der Waals surface area contributed by atoms with Gasteiger partial charge in [0.2, 0.25) is 11.8 Å². The largest absolute Gasteiger partial charge is 0.354 e. The molecule has 1 aromatic heterocycles. The molecule has 0 aliphatic carbocycles. The van der Waals surface area contributed by atoms with Crippen molar-refractivity contribution in [2.45, 2.75) is 26.3 Å². The van der Waals surface area contributed by atoms with Gasteiger partial charge in [0.1, 0.15) is 0 Å². The van der Waals surface area contributed by atoms with Crippen LogP contribution in [0.1, 0.15) is 19.0 Å². The molecule has 0 bridgehead atoms. The second-order valence-corrected chi connectivity index (χ2v) is 7.36. The number of rotatable bonds is 6. The van der Waals surface area contributed by atoms with Gasteiger partial charge in [-0.05, 0) is 24.6 Å². The fourth-order valence-corrected chi connectivity index (χ4v) is 3.43. The maximum absolute atomic E-state index is 12.4. The van der Waals surface area contributed by atoms with Crippen molar-refractivity contribution in [3.8, 4) is 0 Å². The number of aryl methyl sites for hydroxylation is 1. The van der Waals surface area contributed by atoms with Gasteiger partial charge < -0.3 is 10.2 Å². The lowest BCUT2D eigenvalue weighted by Crippen LogP contribution is -2.36. The van der Waals surface area contributed by atoms with E-state index in [1.165, 1.54) is 17.0 Å². The minimum atomic E-state index is -0.395. The van der Waals surface area contributed by atoms with Gasteiger partial charge in [0.05, 0.1) is 12.2 Å². The Hall–Kier alpha value is -2.48. The van der Waals surface area contributed by atoms with Crippen LogP contribution in [0.4, 0.5) is 5.69 Å². The van der Waals surface area contributed by atoms with Crippen LogP contribution in [0, 0.1) is 5.92 Å². The third-order valence-electron chi connectivity index (χ3n) is 4.57. The molecule has 1 aromatic carbocycles. The number of nitrogens with one attached hydrogen (secondary N) is 1. The molecule has 1 unspecified atom stereocenters. The Balaban J connectivity index is 1.54. The van der Waals surface area contributed by atoms with Gasteiger partial charge in [0.25, 0.3) is 5.56 Å². The molecule has 2 heterocycles. The second-order valence-electron chi connectivity index (χ2n) is 6.44. The third kappa shape index (κ3) is 4.63. The number of hydrogen-bond donors (Lipinski definition) is 1.